The van der Waals surface area contributed by atoms with E-state index in [0.29, 0.717) is 12.8 Å². The highest BCUT2D eigenvalue weighted by Gasteiger charge is 2.39. The van der Waals surface area contributed by atoms with E-state index in [0.717, 1.165) is 19.5 Å². The van der Waals surface area contributed by atoms with Gasteiger partial charge in [-0.1, -0.05) is 20.8 Å². The molecule has 1 aliphatic rings. The molecule has 0 saturated carbocycles. The van der Waals surface area contributed by atoms with Gasteiger partial charge in [-0.2, -0.15) is 4.31 Å². The summed E-state index contributed by atoms with van der Waals surface area (Å²) < 4.78 is 27.6. The zero-order valence-electron chi connectivity index (χ0n) is 13.8. The zero-order chi connectivity index (χ0) is 17.7. The van der Waals surface area contributed by atoms with Gasteiger partial charge in [0.1, 0.15) is 6.04 Å². The van der Waals surface area contributed by atoms with Gasteiger partial charge in [0.05, 0.1) is 20.1 Å². The van der Waals surface area contributed by atoms with Gasteiger partial charge in [-0.15, -0.1) is 11.3 Å². The first kappa shape index (κ1) is 17.3. The van der Waals surface area contributed by atoms with Crippen LogP contribution in [-0.2, 0) is 20.2 Å². The molecule has 0 radical (unpaired) electrons. The minimum Gasteiger partial charge on any atom is -0.480 e. The average molecular weight is 368 g/mol. The van der Waals surface area contributed by atoms with Crippen molar-refractivity contribution in [2.45, 2.75) is 50.0 Å². The number of carboxylic acid groups (broad SMARTS) is 1. The van der Waals surface area contributed by atoms with Crippen molar-refractivity contribution in [3.8, 4) is 0 Å². The third-order valence-corrected chi connectivity index (χ3v) is 7.44. The molecular weight excluding hydrogens is 348 g/mol. The zero-order valence-corrected chi connectivity index (χ0v) is 15.4. The number of hydrogen-bond acceptors (Lipinski definition) is 5. The van der Waals surface area contributed by atoms with Crippen LogP contribution in [0, 0.1) is 0 Å². The average Bonchev–Trinajstić information content (AvgIpc) is 3.12. The molecule has 1 N–H and O–H groups in total. The molecule has 6 nitrogen and oxygen atoms in total. The maximum atomic E-state index is 12.8. The highest BCUT2D eigenvalue weighted by atomic mass is 32.2. The molecule has 1 atom stereocenters. The Labute approximate surface area is 145 Å². The Morgan fingerprint density at radius 3 is 2.71 bits per heavy atom. The van der Waals surface area contributed by atoms with Crippen molar-refractivity contribution >= 4 is 37.5 Å². The lowest BCUT2D eigenvalue weighted by molar-refractivity contribution is -0.140. The lowest BCUT2D eigenvalue weighted by Gasteiger charge is -2.20. The van der Waals surface area contributed by atoms with Crippen LogP contribution in [0.3, 0.4) is 0 Å². The van der Waals surface area contributed by atoms with Crippen molar-refractivity contribution in [1.29, 1.82) is 0 Å². The lowest BCUT2D eigenvalue weighted by atomic mass is 9.98. The topological polar surface area (TPSA) is 87.6 Å². The number of carbonyl (C=O) groups is 1. The molecule has 0 bridgehead atoms. The van der Waals surface area contributed by atoms with Crippen LogP contribution in [0.1, 0.15) is 38.6 Å². The number of aliphatic carboxylic acids is 1. The van der Waals surface area contributed by atoms with E-state index in [1.165, 1.54) is 17.4 Å². The first-order valence-corrected chi connectivity index (χ1v) is 10.0. The number of sulfonamides is 1. The minimum atomic E-state index is -3.82. The molecule has 130 valence electrons. The van der Waals surface area contributed by atoms with Crippen molar-refractivity contribution in [2.24, 2.45) is 0 Å². The Morgan fingerprint density at radius 1 is 1.38 bits per heavy atom. The van der Waals surface area contributed by atoms with Gasteiger partial charge in [-0.05, 0) is 31.0 Å². The van der Waals surface area contributed by atoms with Gasteiger partial charge >= 0.3 is 5.97 Å². The Morgan fingerprint density at radius 2 is 2.08 bits per heavy atom. The Bertz CT molecular complexity index is 896. The van der Waals surface area contributed by atoms with Gasteiger partial charge < -0.3 is 5.11 Å². The molecule has 0 aliphatic carbocycles. The van der Waals surface area contributed by atoms with Crippen molar-refractivity contribution in [1.82, 2.24) is 9.29 Å². The molecule has 2 heterocycles. The number of nitrogens with zero attached hydrogens (tertiary/aromatic N) is 2. The predicted octanol–water partition coefficient (Wildman–Crippen LogP) is 2.83. The van der Waals surface area contributed by atoms with E-state index >= 15 is 0 Å². The smallest absolute Gasteiger partial charge is 0.322 e. The fourth-order valence-electron chi connectivity index (χ4n) is 2.80. The quantitative estimate of drug-likeness (QED) is 0.900. The van der Waals surface area contributed by atoms with Gasteiger partial charge in [-0.3, -0.25) is 4.79 Å². The summed E-state index contributed by atoms with van der Waals surface area (Å²) in [6.07, 6.45) is 0.915. The summed E-state index contributed by atoms with van der Waals surface area (Å²) in [7, 11) is -3.82. The number of fused-ring (bicyclic) bond motifs is 1. The van der Waals surface area contributed by atoms with Crippen LogP contribution in [0.25, 0.3) is 10.2 Å². The highest BCUT2D eigenvalue weighted by Crippen LogP contribution is 2.34. The van der Waals surface area contributed by atoms with Crippen LogP contribution in [0.4, 0.5) is 0 Å². The van der Waals surface area contributed by atoms with E-state index in [2.05, 4.69) is 25.8 Å². The van der Waals surface area contributed by atoms with Crippen molar-refractivity contribution in [3.05, 3.63) is 23.2 Å². The number of benzene rings is 1. The molecular formula is C16H20N2O4S2. The Hall–Kier alpha value is -1.51. The SMILES string of the molecule is CC(C)(C)c1nc2ccc(S(=O)(=O)N3CCCC3C(=O)O)cc2s1. The normalized spacial score (nSPS) is 19.9. The molecule has 1 aromatic heterocycles. The second-order valence-corrected chi connectivity index (χ2v) is 9.93. The molecule has 24 heavy (non-hydrogen) atoms. The molecule has 1 unspecified atom stereocenters. The number of aromatic nitrogens is 1. The van der Waals surface area contributed by atoms with Crippen molar-refractivity contribution in [3.63, 3.8) is 0 Å². The third-order valence-electron chi connectivity index (χ3n) is 4.10. The first-order valence-electron chi connectivity index (χ1n) is 7.76. The predicted molar refractivity (Wildman–Crippen MR) is 92.9 cm³/mol. The molecule has 1 aliphatic heterocycles. The molecule has 0 spiro atoms. The number of thiazole rings is 1. The van der Waals surface area contributed by atoms with Crippen LogP contribution < -0.4 is 0 Å². The summed E-state index contributed by atoms with van der Waals surface area (Å²) in [5, 5.41) is 10.2. The van der Waals surface area contributed by atoms with E-state index in [1.807, 2.05) is 0 Å². The van der Waals surface area contributed by atoms with Gasteiger partial charge in [-0.25, -0.2) is 13.4 Å². The Balaban J connectivity index is 2.03. The van der Waals surface area contributed by atoms with Gasteiger partial charge in [0, 0.05) is 12.0 Å². The Kier molecular flexibility index (Phi) is 4.17. The fourth-order valence-corrected chi connectivity index (χ4v) is 5.61. The van der Waals surface area contributed by atoms with Crippen LogP contribution >= 0.6 is 11.3 Å². The van der Waals surface area contributed by atoms with Crippen LogP contribution in [-0.4, -0.2) is 41.4 Å². The lowest BCUT2D eigenvalue weighted by Crippen LogP contribution is -2.40. The van der Waals surface area contributed by atoms with E-state index in [4.69, 9.17) is 0 Å². The molecule has 1 saturated heterocycles. The highest BCUT2D eigenvalue weighted by molar-refractivity contribution is 7.89. The number of carboxylic acids is 1. The molecule has 0 amide bonds. The summed E-state index contributed by atoms with van der Waals surface area (Å²) in [5.74, 6) is -1.09. The fraction of sp³-hybridized carbons (Fsp3) is 0.500. The summed E-state index contributed by atoms with van der Waals surface area (Å²) in [6, 6.07) is 3.84. The van der Waals surface area contributed by atoms with Crippen LogP contribution in [0.5, 0.6) is 0 Å². The number of hydrogen-bond donors (Lipinski definition) is 1. The molecule has 2 aromatic rings. The largest absolute Gasteiger partial charge is 0.480 e. The van der Waals surface area contributed by atoms with Crippen LogP contribution in [0.15, 0.2) is 23.1 Å². The third kappa shape index (κ3) is 2.94. The summed E-state index contributed by atoms with van der Waals surface area (Å²) in [4.78, 5) is 16.0. The molecule has 1 aromatic carbocycles. The van der Waals surface area contributed by atoms with Gasteiger partial charge in [0.15, 0.2) is 0 Å². The van der Waals surface area contributed by atoms with Crippen molar-refractivity contribution < 1.29 is 18.3 Å². The first-order chi connectivity index (χ1) is 11.1. The second kappa shape index (κ2) is 5.79. The summed E-state index contributed by atoms with van der Waals surface area (Å²) >= 11 is 1.47. The van der Waals surface area contributed by atoms with E-state index < -0.39 is 22.0 Å². The van der Waals surface area contributed by atoms with E-state index in [-0.39, 0.29) is 16.9 Å². The monoisotopic (exact) mass is 368 g/mol. The molecule has 8 heteroatoms. The standard InChI is InChI=1S/C16H20N2O4S2/c1-16(2,3)15-17-11-7-6-10(9-13(11)23-15)24(21,22)18-8-4-5-12(18)14(19)20/h6-7,9,12H,4-5,8H2,1-3H3,(H,19,20). The van der Waals surface area contributed by atoms with Gasteiger partial charge in [0.25, 0.3) is 0 Å². The van der Waals surface area contributed by atoms with Crippen molar-refractivity contribution in [2.75, 3.05) is 6.54 Å². The van der Waals surface area contributed by atoms with Gasteiger partial charge in [0.2, 0.25) is 10.0 Å². The minimum absolute atomic E-state index is 0.105. The summed E-state index contributed by atoms with van der Waals surface area (Å²) in [5.41, 5.74) is 0.659. The van der Waals surface area contributed by atoms with E-state index in [9.17, 15) is 18.3 Å². The number of rotatable bonds is 3. The molecule has 1 fully saturated rings. The molecule has 3 rings (SSSR count). The maximum absolute atomic E-state index is 12.8. The summed E-state index contributed by atoms with van der Waals surface area (Å²) in [6.45, 7) is 6.42. The maximum Gasteiger partial charge on any atom is 0.322 e. The second-order valence-electron chi connectivity index (χ2n) is 7.01. The van der Waals surface area contributed by atoms with E-state index in [1.54, 1.807) is 12.1 Å². The van der Waals surface area contributed by atoms with Crippen LogP contribution in [0.2, 0.25) is 0 Å².